The van der Waals surface area contributed by atoms with E-state index in [1.54, 1.807) is 37.3 Å². The Morgan fingerprint density at radius 3 is 2.25 bits per heavy atom. The van der Waals surface area contributed by atoms with E-state index in [1.165, 1.54) is 16.4 Å². The summed E-state index contributed by atoms with van der Waals surface area (Å²) >= 11 is 0. The molecule has 1 aliphatic heterocycles. The van der Waals surface area contributed by atoms with E-state index in [9.17, 15) is 26.4 Å². The lowest BCUT2D eigenvalue weighted by Gasteiger charge is -2.30. The number of piperidine rings is 1. The molecule has 32 heavy (non-hydrogen) atoms. The highest BCUT2D eigenvalue weighted by atomic mass is 32.2. The summed E-state index contributed by atoms with van der Waals surface area (Å²) in [7, 11) is -3.64. The van der Waals surface area contributed by atoms with Gasteiger partial charge >= 0.3 is 6.18 Å². The van der Waals surface area contributed by atoms with Gasteiger partial charge in [-0.15, -0.1) is 0 Å². The number of nitrogens with zero attached hydrogens (tertiary/aromatic N) is 1. The minimum Gasteiger partial charge on any atom is -0.482 e. The summed E-state index contributed by atoms with van der Waals surface area (Å²) in [4.78, 5) is 12.9. The van der Waals surface area contributed by atoms with Crippen molar-refractivity contribution in [2.24, 2.45) is 5.92 Å². The van der Waals surface area contributed by atoms with Crippen molar-refractivity contribution in [3.8, 4) is 5.75 Å². The van der Waals surface area contributed by atoms with E-state index < -0.39 is 28.7 Å². The van der Waals surface area contributed by atoms with E-state index in [-0.39, 0.29) is 35.3 Å². The molecule has 1 fully saturated rings. The first-order valence-corrected chi connectivity index (χ1v) is 11.6. The van der Waals surface area contributed by atoms with Gasteiger partial charge in [-0.05, 0) is 56.5 Å². The maximum absolute atomic E-state index is 12.8. The van der Waals surface area contributed by atoms with Crippen molar-refractivity contribution in [1.82, 2.24) is 4.31 Å². The van der Waals surface area contributed by atoms with Gasteiger partial charge in [0.2, 0.25) is 15.9 Å². The van der Waals surface area contributed by atoms with Gasteiger partial charge < -0.3 is 10.1 Å². The Hall–Kier alpha value is -2.59. The summed E-state index contributed by atoms with van der Waals surface area (Å²) in [5, 5.41) is 2.64. The topological polar surface area (TPSA) is 75.7 Å². The van der Waals surface area contributed by atoms with Crippen LogP contribution in [-0.2, 0) is 14.8 Å². The van der Waals surface area contributed by atoms with Gasteiger partial charge in [-0.3, -0.25) is 4.79 Å². The largest absolute Gasteiger partial charge is 0.482 e. The van der Waals surface area contributed by atoms with Crippen LogP contribution in [0.4, 0.5) is 18.9 Å². The zero-order valence-corrected chi connectivity index (χ0v) is 18.6. The maximum atomic E-state index is 12.8. The van der Waals surface area contributed by atoms with Crippen molar-refractivity contribution in [2.45, 2.75) is 37.8 Å². The van der Waals surface area contributed by atoms with Crippen LogP contribution in [0.2, 0.25) is 0 Å². The first kappa shape index (κ1) is 24.1. The van der Waals surface area contributed by atoms with Crippen LogP contribution in [0.25, 0.3) is 0 Å². The molecule has 174 valence electrons. The Morgan fingerprint density at radius 2 is 1.66 bits per heavy atom. The molecule has 3 rings (SSSR count). The van der Waals surface area contributed by atoms with E-state index in [4.69, 9.17) is 4.74 Å². The van der Waals surface area contributed by atoms with Gasteiger partial charge in [-0.25, -0.2) is 8.42 Å². The molecule has 0 aromatic heterocycles. The highest BCUT2D eigenvalue weighted by molar-refractivity contribution is 7.89. The monoisotopic (exact) mass is 470 g/mol. The molecule has 0 atom stereocenters. The summed E-state index contributed by atoms with van der Waals surface area (Å²) in [5.41, 5.74) is 1.79. The van der Waals surface area contributed by atoms with Crippen molar-refractivity contribution in [2.75, 3.05) is 25.0 Å². The highest BCUT2D eigenvalue weighted by Gasteiger charge is 2.33. The van der Waals surface area contributed by atoms with Gasteiger partial charge in [0, 0.05) is 19.0 Å². The van der Waals surface area contributed by atoms with E-state index in [2.05, 4.69) is 5.32 Å². The van der Waals surface area contributed by atoms with E-state index >= 15 is 0 Å². The lowest BCUT2D eigenvalue weighted by atomic mass is 9.97. The summed E-state index contributed by atoms with van der Waals surface area (Å²) in [6.45, 7) is 2.47. The average molecular weight is 471 g/mol. The molecule has 0 radical (unpaired) electrons. The van der Waals surface area contributed by atoms with Gasteiger partial charge in [0.15, 0.2) is 6.61 Å². The minimum absolute atomic E-state index is 0.0601. The molecule has 1 N–H and O–H groups in total. The molecule has 6 nitrogen and oxygen atoms in total. The van der Waals surface area contributed by atoms with E-state index in [1.807, 2.05) is 6.92 Å². The van der Waals surface area contributed by atoms with Crippen molar-refractivity contribution < 1.29 is 31.1 Å². The zero-order valence-electron chi connectivity index (χ0n) is 17.8. The Morgan fingerprint density at radius 1 is 1.06 bits per heavy atom. The molecule has 0 aliphatic carbocycles. The smallest absolute Gasteiger partial charge is 0.422 e. The fraction of sp³-hybridized carbons (Fsp3) is 0.409. The van der Waals surface area contributed by atoms with E-state index in [0.717, 1.165) is 5.56 Å². The summed E-state index contributed by atoms with van der Waals surface area (Å²) in [6.07, 6.45) is -3.89. The van der Waals surface area contributed by atoms with Crippen LogP contribution in [0.15, 0.2) is 47.4 Å². The maximum Gasteiger partial charge on any atom is 0.422 e. The number of anilines is 1. The molecule has 1 aliphatic rings. The standard InChI is InChI=1S/C22H25F3N2O4S/c1-15-3-6-18(7-4-15)32(29,30)27-11-9-17(10-12-27)21(28)26-19-8-5-16(2)13-20(19)31-14-22(23,24)25/h3-8,13,17H,9-12,14H2,1-2H3,(H,26,28). The highest BCUT2D eigenvalue weighted by Crippen LogP contribution is 2.30. The number of carbonyl (C=O) groups excluding carboxylic acids is 1. The molecular formula is C22H25F3N2O4S. The van der Waals surface area contributed by atoms with Crippen molar-refractivity contribution in [3.05, 3.63) is 53.6 Å². The number of halogens is 3. The summed E-state index contributed by atoms with van der Waals surface area (Å²) in [6, 6.07) is 11.2. The third-order valence-corrected chi connectivity index (χ3v) is 7.18. The number of ether oxygens (including phenoxy) is 1. The molecular weight excluding hydrogens is 445 g/mol. The molecule has 0 unspecified atom stereocenters. The number of sulfonamides is 1. The third-order valence-electron chi connectivity index (χ3n) is 5.27. The summed E-state index contributed by atoms with van der Waals surface area (Å²) in [5.74, 6) is -0.899. The average Bonchev–Trinajstić information content (AvgIpc) is 2.73. The second-order valence-electron chi connectivity index (χ2n) is 7.88. The zero-order chi connectivity index (χ0) is 23.5. The van der Waals surface area contributed by atoms with Gasteiger partial charge in [0.25, 0.3) is 0 Å². The van der Waals surface area contributed by atoms with Gasteiger partial charge in [-0.2, -0.15) is 17.5 Å². The predicted octanol–water partition coefficient (Wildman–Crippen LogP) is 4.28. The Kier molecular flexibility index (Phi) is 7.14. The number of hydrogen-bond donors (Lipinski definition) is 1. The van der Waals surface area contributed by atoms with E-state index in [0.29, 0.717) is 18.4 Å². The first-order valence-electron chi connectivity index (χ1n) is 10.1. The Bertz CT molecular complexity index is 1060. The van der Waals surface area contributed by atoms with Gasteiger partial charge in [0.1, 0.15) is 5.75 Å². The second kappa shape index (κ2) is 9.50. The number of amides is 1. The minimum atomic E-state index is -4.50. The number of nitrogens with one attached hydrogen (secondary N) is 1. The Balaban J connectivity index is 1.63. The number of carbonyl (C=O) groups is 1. The fourth-order valence-corrected chi connectivity index (χ4v) is 4.93. The number of alkyl halides is 3. The number of rotatable bonds is 6. The fourth-order valence-electron chi connectivity index (χ4n) is 3.46. The van der Waals surface area contributed by atoms with Crippen LogP contribution in [0.5, 0.6) is 5.75 Å². The van der Waals surface area contributed by atoms with Crippen LogP contribution in [0.3, 0.4) is 0 Å². The third kappa shape index (κ3) is 6.01. The lowest BCUT2D eigenvalue weighted by molar-refractivity contribution is -0.153. The normalized spacial score (nSPS) is 16.0. The number of hydrogen-bond acceptors (Lipinski definition) is 4. The number of aryl methyl sites for hydroxylation is 2. The molecule has 0 bridgehead atoms. The van der Waals surface area contributed by atoms with Gasteiger partial charge in [-0.1, -0.05) is 23.8 Å². The molecule has 0 spiro atoms. The van der Waals surface area contributed by atoms with Crippen LogP contribution >= 0.6 is 0 Å². The lowest BCUT2D eigenvalue weighted by Crippen LogP contribution is -2.41. The quantitative estimate of drug-likeness (QED) is 0.684. The first-order chi connectivity index (χ1) is 15.0. The molecule has 0 saturated carbocycles. The predicted molar refractivity (Wildman–Crippen MR) is 114 cm³/mol. The van der Waals surface area contributed by atoms with Crippen LogP contribution in [0.1, 0.15) is 24.0 Å². The Labute approximate surface area is 185 Å². The second-order valence-corrected chi connectivity index (χ2v) is 9.82. The van der Waals surface area contributed by atoms with Crippen LogP contribution in [0, 0.1) is 19.8 Å². The van der Waals surface area contributed by atoms with Crippen LogP contribution in [-0.4, -0.2) is 44.5 Å². The van der Waals surface area contributed by atoms with Crippen molar-refractivity contribution >= 4 is 21.6 Å². The van der Waals surface area contributed by atoms with Gasteiger partial charge in [0.05, 0.1) is 10.6 Å². The molecule has 10 heteroatoms. The molecule has 1 saturated heterocycles. The van der Waals surface area contributed by atoms with Crippen molar-refractivity contribution in [3.63, 3.8) is 0 Å². The molecule has 2 aromatic carbocycles. The summed E-state index contributed by atoms with van der Waals surface area (Å²) < 4.78 is 69.4. The molecule has 2 aromatic rings. The molecule has 1 amide bonds. The molecule has 1 heterocycles. The number of benzene rings is 2. The SMILES string of the molecule is Cc1ccc(S(=O)(=O)N2CCC(C(=O)Nc3ccc(C)cc3OCC(F)(F)F)CC2)cc1. The van der Waals surface area contributed by atoms with Crippen molar-refractivity contribution in [1.29, 1.82) is 0 Å². The van der Waals surface area contributed by atoms with Crippen LogP contribution < -0.4 is 10.1 Å².